The smallest absolute Gasteiger partial charge is 0.0726 e. The summed E-state index contributed by atoms with van der Waals surface area (Å²) in [6, 6.07) is 82.2. The fourth-order valence-electron chi connectivity index (χ4n) is 11.6. The molecule has 0 aliphatic heterocycles. The monoisotopic (exact) mass is 856 g/mol. The minimum Gasteiger partial charge on any atom is -0.310 e. The number of aryl methyl sites for hydroxylation is 4. The topological polar surface area (TPSA) is 6.48 Å². The van der Waals surface area contributed by atoms with Crippen molar-refractivity contribution in [2.45, 2.75) is 33.1 Å². The molecule has 318 valence electrons. The van der Waals surface area contributed by atoms with E-state index in [2.05, 4.69) is 256 Å². The maximum absolute atomic E-state index is 2.54. The Balaban J connectivity index is 1.09. The molecular weight excluding hydrogens is 809 g/mol. The number of hydrogen-bond donors (Lipinski definition) is 0. The summed E-state index contributed by atoms with van der Waals surface area (Å²) in [5.74, 6) is 0. The number of anilines is 6. The Morgan fingerprint density at radius 1 is 0.299 bits per heavy atom. The van der Waals surface area contributed by atoms with Gasteiger partial charge in [0.2, 0.25) is 0 Å². The van der Waals surface area contributed by atoms with E-state index in [9.17, 15) is 0 Å². The van der Waals surface area contributed by atoms with E-state index in [0.717, 1.165) is 22.7 Å². The van der Waals surface area contributed by atoms with Crippen molar-refractivity contribution in [1.29, 1.82) is 0 Å². The summed E-state index contributed by atoms with van der Waals surface area (Å²) >= 11 is 0. The molecule has 0 N–H and O–H groups in total. The Kier molecular flexibility index (Phi) is 8.73. The lowest BCUT2D eigenvalue weighted by atomic mass is 9.70. The molecule has 2 aliphatic rings. The highest BCUT2D eigenvalue weighted by atomic mass is 15.1. The molecule has 0 unspecified atom stereocenters. The Morgan fingerprint density at radius 3 is 1.36 bits per heavy atom. The largest absolute Gasteiger partial charge is 0.310 e. The van der Waals surface area contributed by atoms with E-state index in [0.29, 0.717) is 0 Å². The van der Waals surface area contributed by atoms with Gasteiger partial charge in [-0.1, -0.05) is 133 Å². The van der Waals surface area contributed by atoms with E-state index in [-0.39, 0.29) is 0 Å². The Bertz CT molecular complexity index is 3620. The van der Waals surface area contributed by atoms with Crippen LogP contribution in [-0.2, 0) is 5.41 Å². The van der Waals surface area contributed by atoms with Crippen LogP contribution >= 0.6 is 0 Å². The van der Waals surface area contributed by atoms with Gasteiger partial charge >= 0.3 is 0 Å². The second-order valence-electron chi connectivity index (χ2n) is 18.8. The molecule has 0 saturated carbocycles. The van der Waals surface area contributed by atoms with Crippen LogP contribution in [0.15, 0.2) is 218 Å². The first kappa shape index (κ1) is 39.2. The molecule has 2 heteroatoms. The molecule has 0 bridgehead atoms. The van der Waals surface area contributed by atoms with E-state index in [4.69, 9.17) is 0 Å². The number of hydrogen-bond acceptors (Lipinski definition) is 2. The summed E-state index contributed by atoms with van der Waals surface area (Å²) in [6.07, 6.45) is 0. The van der Waals surface area contributed by atoms with Crippen LogP contribution in [0, 0.1) is 27.7 Å². The van der Waals surface area contributed by atoms with Crippen LogP contribution < -0.4 is 9.80 Å². The lowest BCUT2D eigenvalue weighted by molar-refractivity contribution is 0.797. The number of benzene rings is 11. The highest BCUT2D eigenvalue weighted by Crippen LogP contribution is 2.65. The Labute approximate surface area is 392 Å². The van der Waals surface area contributed by atoms with Crippen LogP contribution in [0.5, 0.6) is 0 Å². The van der Waals surface area contributed by atoms with Gasteiger partial charge in [-0.05, 0) is 212 Å². The molecular formula is C65H48N2. The maximum atomic E-state index is 2.54. The van der Waals surface area contributed by atoms with Crippen LogP contribution in [0.2, 0.25) is 0 Å². The number of nitrogens with zero attached hydrogens (tertiary/aromatic N) is 2. The van der Waals surface area contributed by atoms with Gasteiger partial charge in [-0.15, -0.1) is 0 Å². The molecule has 0 fully saturated rings. The number of para-hydroxylation sites is 2. The van der Waals surface area contributed by atoms with Crippen molar-refractivity contribution in [2.75, 3.05) is 9.80 Å². The molecule has 13 rings (SSSR count). The van der Waals surface area contributed by atoms with Crippen molar-refractivity contribution in [1.82, 2.24) is 0 Å². The third kappa shape index (κ3) is 5.89. The first-order valence-electron chi connectivity index (χ1n) is 23.5. The van der Waals surface area contributed by atoms with Gasteiger partial charge in [0.1, 0.15) is 0 Å². The molecule has 0 heterocycles. The summed E-state index contributed by atoms with van der Waals surface area (Å²) in [6.45, 7) is 8.80. The molecule has 2 aliphatic carbocycles. The summed E-state index contributed by atoms with van der Waals surface area (Å²) in [7, 11) is 0. The number of fused-ring (bicyclic) bond motifs is 14. The van der Waals surface area contributed by atoms with Crippen molar-refractivity contribution in [3.05, 3.63) is 263 Å². The summed E-state index contributed by atoms with van der Waals surface area (Å²) in [4.78, 5) is 4.85. The minimum atomic E-state index is -0.548. The zero-order valence-electron chi connectivity index (χ0n) is 38.2. The van der Waals surface area contributed by atoms with Crippen LogP contribution in [0.4, 0.5) is 34.1 Å². The highest BCUT2D eigenvalue weighted by molar-refractivity contribution is 6.09. The quantitative estimate of drug-likeness (QED) is 0.164. The van der Waals surface area contributed by atoms with Gasteiger partial charge in [0, 0.05) is 34.1 Å². The summed E-state index contributed by atoms with van der Waals surface area (Å²) in [5.41, 5.74) is 22.0. The zero-order chi connectivity index (χ0) is 45.0. The van der Waals surface area contributed by atoms with Crippen LogP contribution in [0.25, 0.3) is 54.6 Å². The molecule has 67 heavy (non-hydrogen) atoms. The molecule has 0 saturated heterocycles. The van der Waals surface area contributed by atoms with Crippen molar-refractivity contribution in [3.63, 3.8) is 0 Å². The first-order valence-corrected chi connectivity index (χ1v) is 23.5. The van der Waals surface area contributed by atoms with Crippen molar-refractivity contribution in [3.8, 4) is 22.3 Å². The molecule has 2 nitrogen and oxygen atoms in total. The average molecular weight is 857 g/mol. The third-order valence-electron chi connectivity index (χ3n) is 14.7. The van der Waals surface area contributed by atoms with Crippen LogP contribution in [-0.4, -0.2) is 0 Å². The van der Waals surface area contributed by atoms with E-state index in [1.54, 1.807) is 0 Å². The molecule has 0 amide bonds. The molecule has 11 aromatic rings. The molecule has 0 radical (unpaired) electrons. The Hall–Kier alpha value is -8.20. The highest BCUT2D eigenvalue weighted by Gasteiger charge is 2.52. The Morgan fingerprint density at radius 2 is 0.791 bits per heavy atom. The van der Waals surface area contributed by atoms with Crippen molar-refractivity contribution in [2.24, 2.45) is 0 Å². The fourth-order valence-corrected chi connectivity index (χ4v) is 11.6. The van der Waals surface area contributed by atoms with Crippen molar-refractivity contribution >= 4 is 66.4 Å². The number of rotatable bonds is 6. The standard InChI is InChI=1S/C65H48N2/c1-41-23-25-43(3)62(33-41)66(50-16-7-5-8-17-50)52-30-27-46-37-56-57-38-47-28-31-53(67(51-18-9-6-10-19-51)63-34-42(2)24-26-44(63)4)36-49(47)40-61(57)65(60(56)39-48(46)35-52)58-22-14-13-21-55(58)64-54-20-12-11-15-45(54)29-32-59(64)65/h5-40H,1-4H3. The SMILES string of the molecule is Cc1ccc(C)c(N(c2ccccc2)c2ccc3cc4c(cc3c2)C2(c3cc5cc(N(c6ccccc6)c6cc(C)ccc6C)ccc5cc3-4)c3ccccc3-c3c2ccc2ccccc32)c1. The van der Waals surface area contributed by atoms with Gasteiger partial charge in [-0.2, -0.15) is 0 Å². The van der Waals surface area contributed by atoms with E-state index in [1.165, 1.54) is 110 Å². The summed E-state index contributed by atoms with van der Waals surface area (Å²) < 4.78 is 0. The second kappa shape index (κ2) is 14.9. The minimum absolute atomic E-state index is 0.548. The lowest BCUT2D eigenvalue weighted by Crippen LogP contribution is -2.26. The van der Waals surface area contributed by atoms with E-state index >= 15 is 0 Å². The normalized spacial score (nSPS) is 12.9. The lowest BCUT2D eigenvalue weighted by Gasteiger charge is -2.31. The van der Waals surface area contributed by atoms with Crippen LogP contribution in [0.1, 0.15) is 44.5 Å². The molecule has 11 aromatic carbocycles. The average Bonchev–Trinajstić information content (AvgIpc) is 3.81. The maximum Gasteiger partial charge on any atom is 0.0726 e. The van der Waals surface area contributed by atoms with Gasteiger partial charge in [-0.25, -0.2) is 0 Å². The molecule has 1 spiro atoms. The van der Waals surface area contributed by atoms with E-state index < -0.39 is 5.41 Å². The van der Waals surface area contributed by atoms with Crippen LogP contribution in [0.3, 0.4) is 0 Å². The van der Waals surface area contributed by atoms with Gasteiger partial charge in [-0.3, -0.25) is 0 Å². The predicted molar refractivity (Wildman–Crippen MR) is 284 cm³/mol. The molecule has 0 aromatic heterocycles. The molecule has 0 atom stereocenters. The van der Waals surface area contributed by atoms with Gasteiger partial charge in [0.25, 0.3) is 0 Å². The van der Waals surface area contributed by atoms with Gasteiger partial charge < -0.3 is 9.80 Å². The first-order chi connectivity index (χ1) is 32.8. The predicted octanol–water partition coefficient (Wildman–Crippen LogP) is 17.7. The second-order valence-corrected chi connectivity index (χ2v) is 18.8. The van der Waals surface area contributed by atoms with Gasteiger partial charge in [0.15, 0.2) is 0 Å². The summed E-state index contributed by atoms with van der Waals surface area (Å²) in [5, 5.41) is 7.46. The zero-order valence-corrected chi connectivity index (χ0v) is 38.2. The van der Waals surface area contributed by atoms with Gasteiger partial charge in [0.05, 0.1) is 5.41 Å². The van der Waals surface area contributed by atoms with E-state index in [1.807, 2.05) is 0 Å². The fraction of sp³-hybridized carbons (Fsp3) is 0.0769. The third-order valence-corrected chi connectivity index (χ3v) is 14.7. The van der Waals surface area contributed by atoms with Crippen molar-refractivity contribution < 1.29 is 0 Å².